The molecule has 0 bridgehead atoms. The zero-order chi connectivity index (χ0) is 10.1. The Morgan fingerprint density at radius 2 is 2.15 bits per heavy atom. The van der Waals surface area contributed by atoms with Crippen molar-refractivity contribution in [1.29, 1.82) is 0 Å². The molecule has 0 saturated carbocycles. The molecular weight excluding hydrogens is 162 g/mol. The van der Waals surface area contributed by atoms with Gasteiger partial charge in [-0.05, 0) is 32.6 Å². The van der Waals surface area contributed by atoms with E-state index in [1.807, 2.05) is 6.92 Å². The summed E-state index contributed by atoms with van der Waals surface area (Å²) >= 11 is 0. The molecule has 1 fully saturated rings. The average Bonchev–Trinajstić information content (AvgIpc) is 2.24. The molecule has 0 aromatic rings. The lowest BCUT2D eigenvalue weighted by Gasteiger charge is -2.32. The normalized spacial score (nSPS) is 30.7. The van der Waals surface area contributed by atoms with Crippen LogP contribution in [0.1, 0.15) is 40.5 Å². The van der Waals surface area contributed by atoms with Crippen molar-refractivity contribution in [2.24, 2.45) is 5.92 Å². The molecule has 0 spiro atoms. The Kier molecular flexibility index (Phi) is 3.36. The fourth-order valence-corrected chi connectivity index (χ4v) is 2.37. The van der Waals surface area contributed by atoms with Gasteiger partial charge < -0.3 is 5.11 Å². The first-order valence-corrected chi connectivity index (χ1v) is 5.39. The molecule has 1 rings (SSSR count). The van der Waals surface area contributed by atoms with Crippen molar-refractivity contribution in [3.8, 4) is 0 Å². The van der Waals surface area contributed by atoms with Gasteiger partial charge in [0.15, 0.2) is 0 Å². The molecule has 1 N–H and O–H groups in total. The van der Waals surface area contributed by atoms with E-state index in [2.05, 4.69) is 25.7 Å². The van der Waals surface area contributed by atoms with Crippen LogP contribution in [0.2, 0.25) is 0 Å². The van der Waals surface area contributed by atoms with Gasteiger partial charge in [-0.1, -0.05) is 13.8 Å². The largest absolute Gasteiger partial charge is 0.392 e. The van der Waals surface area contributed by atoms with Crippen molar-refractivity contribution in [3.63, 3.8) is 0 Å². The van der Waals surface area contributed by atoms with E-state index in [4.69, 9.17) is 0 Å². The molecule has 1 aliphatic heterocycles. The van der Waals surface area contributed by atoms with Gasteiger partial charge in [0.05, 0.1) is 6.10 Å². The molecule has 1 aliphatic rings. The van der Waals surface area contributed by atoms with E-state index in [9.17, 15) is 5.11 Å². The van der Waals surface area contributed by atoms with Gasteiger partial charge in [0.2, 0.25) is 0 Å². The number of nitrogens with zero attached hydrogens (tertiary/aromatic N) is 1. The summed E-state index contributed by atoms with van der Waals surface area (Å²) in [6, 6.07) is 0. The lowest BCUT2D eigenvalue weighted by atomic mass is 9.97. The molecule has 0 aromatic carbocycles. The van der Waals surface area contributed by atoms with Crippen LogP contribution in [0.25, 0.3) is 0 Å². The quantitative estimate of drug-likeness (QED) is 0.725. The van der Waals surface area contributed by atoms with Crippen molar-refractivity contribution in [3.05, 3.63) is 0 Å². The van der Waals surface area contributed by atoms with Gasteiger partial charge in [0.1, 0.15) is 0 Å². The topological polar surface area (TPSA) is 23.5 Å². The summed E-state index contributed by atoms with van der Waals surface area (Å²) < 4.78 is 0. The number of hydrogen-bond acceptors (Lipinski definition) is 2. The van der Waals surface area contributed by atoms with Crippen LogP contribution in [0.15, 0.2) is 0 Å². The maximum atomic E-state index is 9.60. The molecule has 0 amide bonds. The van der Waals surface area contributed by atoms with Gasteiger partial charge in [-0.2, -0.15) is 0 Å². The fourth-order valence-electron chi connectivity index (χ4n) is 2.37. The van der Waals surface area contributed by atoms with Crippen LogP contribution in [-0.2, 0) is 0 Å². The zero-order valence-corrected chi connectivity index (χ0v) is 9.38. The molecule has 0 radical (unpaired) electrons. The van der Waals surface area contributed by atoms with E-state index in [1.165, 1.54) is 6.42 Å². The van der Waals surface area contributed by atoms with Crippen molar-refractivity contribution >= 4 is 0 Å². The summed E-state index contributed by atoms with van der Waals surface area (Å²) in [6.07, 6.45) is 1.97. The molecule has 78 valence electrons. The lowest BCUT2D eigenvalue weighted by molar-refractivity contribution is 0.0754. The number of β-amino-alcohol motifs (C(OH)–C–C–N with tert-alkyl or cyclic N) is 1. The van der Waals surface area contributed by atoms with E-state index in [0.29, 0.717) is 0 Å². The molecule has 0 aliphatic carbocycles. The lowest BCUT2D eigenvalue weighted by Crippen LogP contribution is -2.42. The summed E-state index contributed by atoms with van der Waals surface area (Å²) in [7, 11) is 0. The van der Waals surface area contributed by atoms with Crippen molar-refractivity contribution in [2.45, 2.75) is 52.2 Å². The Hall–Kier alpha value is -0.0800. The molecule has 1 heterocycles. The minimum Gasteiger partial charge on any atom is -0.392 e. The minimum atomic E-state index is -0.149. The van der Waals surface area contributed by atoms with Gasteiger partial charge >= 0.3 is 0 Å². The van der Waals surface area contributed by atoms with Gasteiger partial charge in [-0.15, -0.1) is 0 Å². The van der Waals surface area contributed by atoms with E-state index in [-0.39, 0.29) is 11.6 Å². The van der Waals surface area contributed by atoms with Crippen LogP contribution >= 0.6 is 0 Å². The molecule has 2 atom stereocenters. The van der Waals surface area contributed by atoms with Crippen LogP contribution in [0, 0.1) is 5.92 Å². The smallest absolute Gasteiger partial charge is 0.0664 e. The SMILES string of the molecule is CCC(O)CN1CC(C)CC1(C)C. The minimum absolute atomic E-state index is 0.149. The standard InChI is InChI=1S/C11H23NO/c1-5-10(13)8-12-7-9(2)6-11(12,3)4/h9-10,13H,5-8H2,1-4H3. The summed E-state index contributed by atoms with van der Waals surface area (Å²) in [5.74, 6) is 0.777. The van der Waals surface area contributed by atoms with Gasteiger partial charge in [-0.3, -0.25) is 4.90 Å². The predicted octanol–water partition coefficient (Wildman–Crippen LogP) is 1.88. The number of aliphatic hydroxyl groups excluding tert-OH is 1. The van der Waals surface area contributed by atoms with Crippen LogP contribution in [0.5, 0.6) is 0 Å². The first kappa shape index (κ1) is 11.0. The Morgan fingerprint density at radius 1 is 1.54 bits per heavy atom. The Balaban J connectivity index is 2.50. The highest BCUT2D eigenvalue weighted by Gasteiger charge is 2.36. The fraction of sp³-hybridized carbons (Fsp3) is 1.00. The molecule has 1 saturated heterocycles. The third-order valence-corrected chi connectivity index (χ3v) is 3.14. The number of rotatable bonds is 3. The van der Waals surface area contributed by atoms with Crippen molar-refractivity contribution < 1.29 is 5.11 Å². The van der Waals surface area contributed by atoms with Crippen molar-refractivity contribution in [1.82, 2.24) is 4.90 Å². The number of aliphatic hydroxyl groups is 1. The Labute approximate surface area is 81.9 Å². The van der Waals surface area contributed by atoms with Crippen LogP contribution < -0.4 is 0 Å². The van der Waals surface area contributed by atoms with E-state index in [0.717, 1.165) is 25.4 Å². The van der Waals surface area contributed by atoms with E-state index in [1.54, 1.807) is 0 Å². The second-order valence-electron chi connectivity index (χ2n) is 5.09. The third-order valence-electron chi connectivity index (χ3n) is 3.14. The average molecular weight is 185 g/mol. The summed E-state index contributed by atoms with van der Waals surface area (Å²) in [4.78, 5) is 2.42. The van der Waals surface area contributed by atoms with Crippen LogP contribution in [0.3, 0.4) is 0 Å². The van der Waals surface area contributed by atoms with Crippen LogP contribution in [0.4, 0.5) is 0 Å². The second kappa shape index (κ2) is 3.97. The van der Waals surface area contributed by atoms with Gasteiger partial charge in [0, 0.05) is 18.6 Å². The maximum Gasteiger partial charge on any atom is 0.0664 e. The highest BCUT2D eigenvalue weighted by molar-refractivity contribution is 4.91. The number of likely N-dealkylation sites (tertiary alicyclic amines) is 1. The maximum absolute atomic E-state index is 9.60. The molecule has 13 heavy (non-hydrogen) atoms. The third kappa shape index (κ3) is 2.68. The molecule has 0 aromatic heterocycles. The highest BCUT2D eigenvalue weighted by atomic mass is 16.3. The summed E-state index contributed by atoms with van der Waals surface area (Å²) in [5, 5.41) is 9.60. The summed E-state index contributed by atoms with van der Waals surface area (Å²) in [6.45, 7) is 10.9. The number of hydrogen-bond donors (Lipinski definition) is 1. The molecule has 2 heteroatoms. The first-order chi connectivity index (χ1) is 5.95. The van der Waals surface area contributed by atoms with E-state index < -0.39 is 0 Å². The predicted molar refractivity (Wildman–Crippen MR) is 55.7 cm³/mol. The first-order valence-electron chi connectivity index (χ1n) is 5.39. The second-order valence-corrected chi connectivity index (χ2v) is 5.09. The van der Waals surface area contributed by atoms with Crippen LogP contribution in [-0.4, -0.2) is 34.7 Å². The molecular formula is C11H23NO. The monoisotopic (exact) mass is 185 g/mol. The Morgan fingerprint density at radius 3 is 2.54 bits per heavy atom. The van der Waals surface area contributed by atoms with Gasteiger partial charge in [0.25, 0.3) is 0 Å². The highest BCUT2D eigenvalue weighted by Crippen LogP contribution is 2.32. The molecule has 2 unspecified atom stereocenters. The Bertz CT molecular complexity index is 167. The summed E-state index contributed by atoms with van der Waals surface area (Å²) in [5.41, 5.74) is 0.287. The zero-order valence-electron chi connectivity index (χ0n) is 9.38. The molecule has 2 nitrogen and oxygen atoms in total. The van der Waals surface area contributed by atoms with Gasteiger partial charge in [-0.25, -0.2) is 0 Å². The van der Waals surface area contributed by atoms with E-state index >= 15 is 0 Å². The van der Waals surface area contributed by atoms with Crippen molar-refractivity contribution in [2.75, 3.05) is 13.1 Å².